The highest BCUT2D eigenvalue weighted by Gasteiger charge is 2.02. The Hall–Kier alpha value is -0.830. The molecule has 4 heteroatoms. The first kappa shape index (κ1) is 8.17. The third kappa shape index (κ3) is 3.73. The van der Waals surface area contributed by atoms with Gasteiger partial charge >= 0.3 is 5.97 Å². The smallest absolute Gasteiger partial charge is 0.347 e. The van der Waals surface area contributed by atoms with Gasteiger partial charge in [0.2, 0.25) is 0 Å². The maximum atomic E-state index is 10.1. The molecule has 1 N–H and O–H groups in total. The average molecular weight is 149 g/mol. The Morgan fingerprint density at radius 3 is 2.11 bits per heavy atom. The van der Waals surface area contributed by atoms with Crippen molar-refractivity contribution < 1.29 is 14.7 Å². The van der Waals surface area contributed by atoms with E-state index < -0.39 is 11.0 Å². The van der Waals surface area contributed by atoms with Crippen LogP contribution in [0.4, 0.5) is 0 Å². The van der Waals surface area contributed by atoms with Gasteiger partial charge in [0.25, 0.3) is 0 Å². The van der Waals surface area contributed by atoms with Gasteiger partial charge in [-0.2, -0.15) is 0 Å². The molecule has 0 atom stereocenters. The quantitative estimate of drug-likeness (QED) is 0.589. The second kappa shape index (κ2) is 3.25. The normalized spacial score (nSPS) is 11.1. The van der Waals surface area contributed by atoms with Gasteiger partial charge in [-0.3, -0.25) is 4.79 Å². The lowest BCUT2D eigenvalue weighted by molar-refractivity contribution is -0.132. The van der Waals surface area contributed by atoms with Crippen LogP contribution < -0.4 is 0 Å². The Kier molecular flexibility index (Phi) is 2.95. The van der Waals surface area contributed by atoms with E-state index in [9.17, 15) is 9.59 Å². The van der Waals surface area contributed by atoms with E-state index in [4.69, 9.17) is 16.7 Å². The molecule has 50 valence electrons. The molecule has 0 heterocycles. The lowest BCUT2D eigenvalue weighted by Gasteiger charge is -1.84. The summed E-state index contributed by atoms with van der Waals surface area (Å²) in [6, 6.07) is 0. The van der Waals surface area contributed by atoms with E-state index in [1.807, 2.05) is 0 Å². The predicted octanol–water partition coefficient (Wildman–Crippen LogP) is 0.783. The number of carbonyl (C=O) groups is 2. The number of ketones is 1. The lowest BCUT2D eigenvalue weighted by Crippen LogP contribution is -1.96. The largest absolute Gasteiger partial charge is 0.477 e. The summed E-state index contributed by atoms with van der Waals surface area (Å²) in [7, 11) is 0. The summed E-state index contributed by atoms with van der Waals surface area (Å²) in [5.74, 6) is -1.66. The highest BCUT2D eigenvalue weighted by atomic mass is 35.5. The number of aliphatic carboxylic acids is 1. The molecule has 0 rings (SSSR count). The molecule has 0 bridgehead atoms. The van der Waals surface area contributed by atoms with E-state index in [1.54, 1.807) is 0 Å². The molecular weight excluding hydrogens is 144 g/mol. The first-order valence-corrected chi connectivity index (χ1v) is 2.53. The van der Waals surface area contributed by atoms with Gasteiger partial charge in [-0.1, -0.05) is 11.6 Å². The molecule has 0 aliphatic heterocycles. The summed E-state index contributed by atoms with van der Waals surface area (Å²) in [6.45, 7) is 1.23. The SMILES string of the molecule is CC(=O)/C=C(\Cl)C(=O)O. The molecule has 0 unspecified atom stereocenters. The van der Waals surface area contributed by atoms with Gasteiger partial charge in [0.1, 0.15) is 5.03 Å². The molecule has 0 aliphatic carbocycles. The van der Waals surface area contributed by atoms with Crippen molar-refractivity contribution >= 4 is 23.4 Å². The molecule has 0 saturated heterocycles. The molecule has 9 heavy (non-hydrogen) atoms. The molecule has 0 spiro atoms. The molecule has 0 aromatic heterocycles. The van der Waals surface area contributed by atoms with E-state index in [0.29, 0.717) is 0 Å². The average Bonchev–Trinajstić information content (AvgIpc) is 1.63. The van der Waals surface area contributed by atoms with Crippen molar-refractivity contribution in [2.75, 3.05) is 0 Å². The molecule has 0 aliphatic rings. The molecule has 3 nitrogen and oxygen atoms in total. The van der Waals surface area contributed by atoms with Gasteiger partial charge in [-0.05, 0) is 6.92 Å². The fraction of sp³-hybridized carbons (Fsp3) is 0.200. The fourth-order valence-corrected chi connectivity index (χ4v) is 0.394. The number of carboxylic acid groups (broad SMARTS) is 1. The van der Waals surface area contributed by atoms with Crippen LogP contribution in [0.15, 0.2) is 11.1 Å². The van der Waals surface area contributed by atoms with Crippen molar-refractivity contribution in [1.29, 1.82) is 0 Å². The summed E-state index contributed by atoms with van der Waals surface area (Å²) in [6.07, 6.45) is 0.851. The highest BCUT2D eigenvalue weighted by molar-refractivity contribution is 6.42. The molecule has 0 aromatic rings. The number of rotatable bonds is 2. The van der Waals surface area contributed by atoms with E-state index in [0.717, 1.165) is 6.08 Å². The molecule has 0 aromatic carbocycles. The summed E-state index contributed by atoms with van der Waals surface area (Å²) in [5.41, 5.74) is 0. The van der Waals surface area contributed by atoms with Crippen LogP contribution in [0.25, 0.3) is 0 Å². The number of hydrogen-bond acceptors (Lipinski definition) is 2. The van der Waals surface area contributed by atoms with E-state index in [-0.39, 0.29) is 5.78 Å². The van der Waals surface area contributed by atoms with E-state index in [2.05, 4.69) is 0 Å². The van der Waals surface area contributed by atoms with Crippen LogP contribution in [-0.4, -0.2) is 16.9 Å². The second-order valence-corrected chi connectivity index (χ2v) is 1.82. The minimum Gasteiger partial charge on any atom is -0.477 e. The first-order valence-electron chi connectivity index (χ1n) is 2.15. The first-order chi connectivity index (χ1) is 4.04. The monoisotopic (exact) mass is 148 g/mol. The molecule has 0 radical (unpaired) electrons. The minimum atomic E-state index is -1.29. The Labute approximate surface area is 56.9 Å². The van der Waals surface area contributed by atoms with Crippen LogP contribution in [0.5, 0.6) is 0 Å². The van der Waals surface area contributed by atoms with Gasteiger partial charge in [0, 0.05) is 6.08 Å². The molecular formula is C5H5ClO3. The van der Waals surface area contributed by atoms with Crippen molar-refractivity contribution in [1.82, 2.24) is 0 Å². The Morgan fingerprint density at radius 2 is 2.00 bits per heavy atom. The van der Waals surface area contributed by atoms with Crippen LogP contribution in [0, 0.1) is 0 Å². The van der Waals surface area contributed by atoms with Crippen LogP contribution in [0.3, 0.4) is 0 Å². The lowest BCUT2D eigenvalue weighted by atomic mass is 10.4. The number of carbonyl (C=O) groups excluding carboxylic acids is 1. The number of carboxylic acids is 1. The second-order valence-electron chi connectivity index (χ2n) is 1.41. The van der Waals surface area contributed by atoms with E-state index >= 15 is 0 Å². The summed E-state index contributed by atoms with van der Waals surface area (Å²) >= 11 is 5.05. The van der Waals surface area contributed by atoms with Crippen LogP contribution in [0.2, 0.25) is 0 Å². The summed E-state index contributed by atoms with van der Waals surface area (Å²) in [5, 5.41) is 7.62. The van der Waals surface area contributed by atoms with Gasteiger partial charge in [0.05, 0.1) is 0 Å². The maximum absolute atomic E-state index is 10.1. The minimum absolute atomic E-state index is 0.373. The number of hydrogen-bond donors (Lipinski definition) is 1. The van der Waals surface area contributed by atoms with E-state index in [1.165, 1.54) is 6.92 Å². The van der Waals surface area contributed by atoms with Crippen LogP contribution in [-0.2, 0) is 9.59 Å². The zero-order valence-electron chi connectivity index (χ0n) is 4.72. The Morgan fingerprint density at radius 1 is 1.56 bits per heavy atom. The zero-order valence-corrected chi connectivity index (χ0v) is 5.47. The topological polar surface area (TPSA) is 54.4 Å². The van der Waals surface area contributed by atoms with Gasteiger partial charge < -0.3 is 5.11 Å². The predicted molar refractivity (Wildman–Crippen MR) is 32.3 cm³/mol. The third-order valence-corrected chi connectivity index (χ3v) is 0.805. The van der Waals surface area contributed by atoms with Gasteiger partial charge in [-0.15, -0.1) is 0 Å². The molecule has 0 saturated carbocycles. The van der Waals surface area contributed by atoms with Crippen molar-refractivity contribution in [3.63, 3.8) is 0 Å². The number of allylic oxidation sites excluding steroid dienone is 1. The number of halogens is 1. The standard InChI is InChI=1S/C5H5ClO3/c1-3(7)2-4(6)5(8)9/h2H,1H3,(H,8,9)/b4-2-. The highest BCUT2D eigenvalue weighted by Crippen LogP contribution is 1.99. The van der Waals surface area contributed by atoms with Gasteiger partial charge in [-0.25, -0.2) is 4.79 Å². The van der Waals surface area contributed by atoms with Crippen LogP contribution >= 0.6 is 11.6 Å². The summed E-state index contributed by atoms with van der Waals surface area (Å²) < 4.78 is 0. The van der Waals surface area contributed by atoms with Crippen molar-refractivity contribution in [2.45, 2.75) is 6.92 Å². The third-order valence-electron chi connectivity index (χ3n) is 0.534. The molecule has 0 amide bonds. The zero-order chi connectivity index (χ0) is 7.44. The Balaban J connectivity index is 4.17. The molecule has 0 fully saturated rings. The summed E-state index contributed by atoms with van der Waals surface area (Å²) in [4.78, 5) is 20.0. The van der Waals surface area contributed by atoms with Crippen molar-refractivity contribution in [2.24, 2.45) is 0 Å². The maximum Gasteiger partial charge on any atom is 0.347 e. The Bertz CT molecular complexity index is 171. The van der Waals surface area contributed by atoms with Crippen molar-refractivity contribution in [3.8, 4) is 0 Å². The van der Waals surface area contributed by atoms with Crippen LogP contribution in [0.1, 0.15) is 6.92 Å². The van der Waals surface area contributed by atoms with Crippen molar-refractivity contribution in [3.05, 3.63) is 11.1 Å². The van der Waals surface area contributed by atoms with Gasteiger partial charge in [0.15, 0.2) is 5.78 Å². The fourth-order valence-electron chi connectivity index (χ4n) is 0.240.